The number of carbonyl (C=O) groups excluding carboxylic acids is 1. The van der Waals surface area contributed by atoms with Gasteiger partial charge in [0, 0.05) is 32.4 Å². The number of hydrogen-bond acceptors (Lipinski definition) is 7. The predicted octanol–water partition coefficient (Wildman–Crippen LogP) is 3.41. The van der Waals surface area contributed by atoms with Gasteiger partial charge in [-0.05, 0) is 58.6 Å². The Balaban J connectivity index is 2.68. The molecule has 27 heavy (non-hydrogen) atoms. The van der Waals surface area contributed by atoms with Crippen LogP contribution in [-0.4, -0.2) is 47.6 Å². The lowest BCUT2D eigenvalue weighted by Gasteiger charge is -2.19. The van der Waals surface area contributed by atoms with Crippen LogP contribution < -0.4 is 5.32 Å². The molecule has 0 aliphatic rings. The minimum Gasteiger partial charge on any atom is -0.460 e. The van der Waals surface area contributed by atoms with Gasteiger partial charge in [0.1, 0.15) is 11.4 Å². The fourth-order valence-electron chi connectivity index (χ4n) is 1.99. The maximum Gasteiger partial charge on any atom is 0.306 e. The topological polar surface area (TPSA) is 82.6 Å². The molecule has 0 unspecified atom stereocenters. The van der Waals surface area contributed by atoms with Crippen molar-refractivity contribution in [2.45, 2.75) is 59.4 Å². The number of rotatable bonds is 9. The Morgan fingerprint density at radius 3 is 2.56 bits per heavy atom. The number of ether oxygens (including phenoxy) is 3. The Kier molecular flexibility index (Phi) is 10.1. The molecular weight excluding hydrogens is 370 g/mol. The molecule has 150 valence electrons. The summed E-state index contributed by atoms with van der Waals surface area (Å²) in [5, 5.41) is 3.24. The van der Waals surface area contributed by atoms with E-state index in [-0.39, 0.29) is 11.3 Å². The summed E-state index contributed by atoms with van der Waals surface area (Å²) >= 11 is 5.88. The molecule has 1 heterocycles. The molecule has 1 rings (SSSR count). The molecule has 0 aliphatic heterocycles. The van der Waals surface area contributed by atoms with E-state index >= 15 is 0 Å². The molecule has 0 atom stereocenters. The van der Waals surface area contributed by atoms with Crippen molar-refractivity contribution in [2.75, 3.05) is 25.1 Å². The van der Waals surface area contributed by atoms with E-state index in [1.807, 2.05) is 34.6 Å². The minimum atomic E-state index is -0.615. The Bertz CT molecular complexity index is 659. The summed E-state index contributed by atoms with van der Waals surface area (Å²) in [4.78, 5) is 19.9. The third-order valence-corrected chi connectivity index (χ3v) is 3.17. The van der Waals surface area contributed by atoms with Crippen LogP contribution in [0.25, 0.3) is 0 Å². The Labute approximate surface area is 166 Å². The number of nitrogens with one attached hydrogen (secondary N) is 1. The van der Waals surface area contributed by atoms with Crippen LogP contribution in [0.5, 0.6) is 0 Å². The molecule has 0 fully saturated rings. The smallest absolute Gasteiger partial charge is 0.306 e. The van der Waals surface area contributed by atoms with Crippen molar-refractivity contribution in [1.29, 1.82) is 0 Å². The molecule has 0 radical (unpaired) electrons. The van der Waals surface area contributed by atoms with Crippen LogP contribution in [0.1, 0.15) is 53.0 Å². The number of aromatic nitrogens is 2. The molecule has 0 spiro atoms. The van der Waals surface area contributed by atoms with E-state index in [1.165, 1.54) is 6.20 Å². The molecular formula is C19H28ClN3O4. The summed E-state index contributed by atoms with van der Waals surface area (Å²) < 4.78 is 16.1. The molecule has 1 aromatic rings. The highest BCUT2D eigenvalue weighted by atomic mass is 35.5. The summed E-state index contributed by atoms with van der Waals surface area (Å²) in [6.07, 6.45) is 1.81. The lowest BCUT2D eigenvalue weighted by molar-refractivity contribution is -0.154. The molecule has 0 bridgehead atoms. The molecule has 1 aromatic heterocycles. The van der Waals surface area contributed by atoms with Gasteiger partial charge in [0.15, 0.2) is 0 Å². The number of nitrogens with zero attached hydrogens (tertiary/aromatic N) is 2. The second-order valence-electron chi connectivity index (χ2n) is 6.53. The van der Waals surface area contributed by atoms with Crippen LogP contribution in [0.3, 0.4) is 0 Å². The lowest BCUT2D eigenvalue weighted by Crippen LogP contribution is -2.24. The molecule has 0 saturated heterocycles. The lowest BCUT2D eigenvalue weighted by atomic mass is 10.2. The highest BCUT2D eigenvalue weighted by Crippen LogP contribution is 2.14. The van der Waals surface area contributed by atoms with E-state index < -0.39 is 11.9 Å². The maximum absolute atomic E-state index is 11.7. The quantitative estimate of drug-likeness (QED) is 0.225. The third-order valence-electron chi connectivity index (χ3n) is 2.99. The van der Waals surface area contributed by atoms with Crippen molar-refractivity contribution in [1.82, 2.24) is 9.97 Å². The summed E-state index contributed by atoms with van der Waals surface area (Å²) in [5.41, 5.74) is 0.0894. The fraction of sp³-hybridized carbons (Fsp3) is 0.632. The van der Waals surface area contributed by atoms with Crippen LogP contribution in [0.4, 0.5) is 5.82 Å². The molecule has 0 aromatic carbocycles. The molecule has 7 nitrogen and oxygen atoms in total. The summed E-state index contributed by atoms with van der Waals surface area (Å²) in [7, 11) is 0. The van der Waals surface area contributed by atoms with Crippen LogP contribution in [0, 0.1) is 11.8 Å². The van der Waals surface area contributed by atoms with E-state index in [9.17, 15) is 4.79 Å². The van der Waals surface area contributed by atoms with Crippen molar-refractivity contribution in [3.8, 4) is 11.8 Å². The van der Waals surface area contributed by atoms with Gasteiger partial charge >= 0.3 is 5.97 Å². The summed E-state index contributed by atoms with van der Waals surface area (Å²) in [6.45, 7) is 10.8. The SMILES string of the molecule is CCOC(C#Cc1cnc(Cl)nc1NCCCC(=O)OC(C)(C)C)OCC. The van der Waals surface area contributed by atoms with Gasteiger partial charge in [-0.1, -0.05) is 5.92 Å². The van der Waals surface area contributed by atoms with Crippen molar-refractivity contribution in [2.24, 2.45) is 0 Å². The Morgan fingerprint density at radius 2 is 1.96 bits per heavy atom. The average Bonchev–Trinajstić information content (AvgIpc) is 2.56. The van der Waals surface area contributed by atoms with Crippen molar-refractivity contribution < 1.29 is 19.0 Å². The van der Waals surface area contributed by atoms with Crippen LogP contribution in [0.15, 0.2) is 6.20 Å². The minimum absolute atomic E-state index is 0.112. The van der Waals surface area contributed by atoms with E-state index in [1.54, 1.807) is 0 Å². The van der Waals surface area contributed by atoms with Gasteiger partial charge in [-0.25, -0.2) is 4.98 Å². The highest BCUT2D eigenvalue weighted by molar-refractivity contribution is 6.28. The molecule has 0 amide bonds. The normalized spacial score (nSPS) is 11.1. The standard InChI is InChI=1S/C19H28ClN3O4/c1-6-25-16(26-7-2)11-10-14-13-22-18(20)23-17(14)21-12-8-9-15(24)27-19(3,4)5/h13,16H,6-9,12H2,1-5H3,(H,21,22,23). The number of esters is 1. The van der Waals surface area contributed by atoms with Crippen LogP contribution >= 0.6 is 11.6 Å². The number of halogens is 1. The Morgan fingerprint density at radius 1 is 1.30 bits per heavy atom. The first kappa shape index (κ1) is 23.2. The fourth-order valence-corrected chi connectivity index (χ4v) is 2.12. The van der Waals surface area contributed by atoms with E-state index in [2.05, 4.69) is 27.1 Å². The molecule has 0 aliphatic carbocycles. The number of hydrogen-bond donors (Lipinski definition) is 1. The largest absolute Gasteiger partial charge is 0.460 e. The molecule has 0 saturated carbocycles. The molecule has 1 N–H and O–H groups in total. The van der Waals surface area contributed by atoms with Gasteiger partial charge in [0.25, 0.3) is 0 Å². The van der Waals surface area contributed by atoms with Gasteiger partial charge < -0.3 is 19.5 Å². The van der Waals surface area contributed by atoms with Crippen LogP contribution in [0.2, 0.25) is 5.28 Å². The zero-order valence-corrected chi connectivity index (χ0v) is 17.4. The van der Waals surface area contributed by atoms with E-state index in [0.29, 0.717) is 44.0 Å². The third kappa shape index (κ3) is 10.1. The van der Waals surface area contributed by atoms with Gasteiger partial charge in [-0.15, -0.1) is 0 Å². The highest BCUT2D eigenvalue weighted by Gasteiger charge is 2.15. The van der Waals surface area contributed by atoms with Gasteiger partial charge in [-0.3, -0.25) is 4.79 Å². The van der Waals surface area contributed by atoms with Gasteiger partial charge in [-0.2, -0.15) is 4.98 Å². The van der Waals surface area contributed by atoms with Gasteiger partial charge in [0.05, 0.1) is 5.56 Å². The maximum atomic E-state index is 11.7. The van der Waals surface area contributed by atoms with Crippen LogP contribution in [-0.2, 0) is 19.0 Å². The summed E-state index contributed by atoms with van der Waals surface area (Å²) in [5.74, 6) is 6.12. The first-order valence-electron chi connectivity index (χ1n) is 8.98. The first-order valence-corrected chi connectivity index (χ1v) is 9.36. The summed E-state index contributed by atoms with van der Waals surface area (Å²) in [6, 6.07) is 0. The predicted molar refractivity (Wildman–Crippen MR) is 105 cm³/mol. The number of carbonyl (C=O) groups is 1. The second-order valence-corrected chi connectivity index (χ2v) is 6.87. The first-order chi connectivity index (χ1) is 12.7. The average molecular weight is 398 g/mol. The molecule has 8 heteroatoms. The van der Waals surface area contributed by atoms with Crippen molar-refractivity contribution in [3.63, 3.8) is 0 Å². The van der Waals surface area contributed by atoms with Crippen molar-refractivity contribution in [3.05, 3.63) is 17.0 Å². The van der Waals surface area contributed by atoms with E-state index in [4.69, 9.17) is 25.8 Å². The monoisotopic (exact) mass is 397 g/mol. The Hall–Kier alpha value is -1.88. The van der Waals surface area contributed by atoms with E-state index in [0.717, 1.165) is 0 Å². The van der Waals surface area contributed by atoms with Crippen molar-refractivity contribution >= 4 is 23.4 Å². The zero-order chi connectivity index (χ0) is 20.3. The van der Waals surface area contributed by atoms with Gasteiger partial charge in [0.2, 0.25) is 11.6 Å². The number of anilines is 1. The second kappa shape index (κ2) is 11.8. The zero-order valence-electron chi connectivity index (χ0n) is 16.6.